The third kappa shape index (κ3) is 4.49. The molecule has 0 aromatic rings. The molecule has 0 aromatic heterocycles. The van der Waals surface area contributed by atoms with Crippen LogP contribution in [0.5, 0.6) is 0 Å². The van der Waals surface area contributed by atoms with Gasteiger partial charge in [0.25, 0.3) is 5.92 Å². The van der Waals surface area contributed by atoms with Crippen LogP contribution in [0.2, 0.25) is 0 Å². The number of methoxy groups -OCH3 is 1. The lowest BCUT2D eigenvalue weighted by Gasteiger charge is -2.27. The van der Waals surface area contributed by atoms with Gasteiger partial charge >= 0.3 is 0 Å². The van der Waals surface area contributed by atoms with E-state index < -0.39 is 24.9 Å². The van der Waals surface area contributed by atoms with Gasteiger partial charge in [0.2, 0.25) is 5.91 Å². The smallest absolute Gasteiger partial charge is 0.262 e. The molecule has 0 bridgehead atoms. The van der Waals surface area contributed by atoms with Crippen molar-refractivity contribution in [3.63, 3.8) is 0 Å². The van der Waals surface area contributed by atoms with Crippen LogP contribution < -0.4 is 10.6 Å². The molecule has 0 aliphatic carbocycles. The van der Waals surface area contributed by atoms with E-state index in [1.54, 1.807) is 7.11 Å². The minimum atomic E-state index is -2.78. The molecule has 2 unspecified atom stereocenters. The highest BCUT2D eigenvalue weighted by molar-refractivity contribution is 5.82. The Balaban J connectivity index is 2.41. The van der Waals surface area contributed by atoms with Gasteiger partial charge in [0, 0.05) is 19.6 Å². The molecule has 106 valence electrons. The number of alkyl halides is 2. The Morgan fingerprint density at radius 1 is 1.61 bits per heavy atom. The second-order valence-electron chi connectivity index (χ2n) is 5.57. The van der Waals surface area contributed by atoms with Gasteiger partial charge in [-0.3, -0.25) is 10.1 Å². The topological polar surface area (TPSA) is 50.4 Å². The molecule has 1 fully saturated rings. The van der Waals surface area contributed by atoms with E-state index in [1.165, 1.54) is 0 Å². The van der Waals surface area contributed by atoms with Crippen molar-refractivity contribution in [2.75, 3.05) is 13.7 Å². The third-order valence-electron chi connectivity index (χ3n) is 3.17. The molecule has 1 heterocycles. The van der Waals surface area contributed by atoms with Crippen molar-refractivity contribution in [2.24, 2.45) is 0 Å². The van der Waals surface area contributed by atoms with E-state index in [0.717, 1.165) is 0 Å². The van der Waals surface area contributed by atoms with E-state index in [0.29, 0.717) is 6.42 Å². The van der Waals surface area contributed by atoms with Gasteiger partial charge in [0.1, 0.15) is 0 Å². The largest absolute Gasteiger partial charge is 0.379 e. The highest BCUT2D eigenvalue weighted by Crippen LogP contribution is 2.25. The first-order valence-corrected chi connectivity index (χ1v) is 6.12. The summed E-state index contributed by atoms with van der Waals surface area (Å²) in [5, 5.41) is 5.27. The van der Waals surface area contributed by atoms with Crippen LogP contribution in [-0.4, -0.2) is 43.2 Å². The lowest BCUT2D eigenvalue weighted by atomic mass is 9.99. The summed E-state index contributed by atoms with van der Waals surface area (Å²) in [5.41, 5.74) is -0.347. The molecule has 1 saturated heterocycles. The number of ether oxygens (including phenoxy) is 1. The highest BCUT2D eigenvalue weighted by Gasteiger charge is 2.42. The number of hydrogen-bond acceptors (Lipinski definition) is 3. The Hall–Kier alpha value is -0.750. The fraction of sp³-hybridized carbons (Fsp3) is 0.917. The number of nitrogens with one attached hydrogen (secondary N) is 2. The van der Waals surface area contributed by atoms with Gasteiger partial charge in [-0.2, -0.15) is 0 Å². The minimum Gasteiger partial charge on any atom is -0.379 e. The zero-order valence-electron chi connectivity index (χ0n) is 11.3. The minimum absolute atomic E-state index is 0.122. The Kier molecular flexibility index (Phi) is 4.66. The molecule has 18 heavy (non-hydrogen) atoms. The van der Waals surface area contributed by atoms with Crippen LogP contribution in [-0.2, 0) is 9.53 Å². The predicted molar refractivity (Wildman–Crippen MR) is 64.7 cm³/mol. The lowest BCUT2D eigenvalue weighted by Crippen LogP contribution is -2.46. The molecule has 0 spiro atoms. The predicted octanol–water partition coefficient (Wildman–Crippen LogP) is 1.30. The molecule has 0 radical (unpaired) electrons. The molecule has 1 aliphatic rings. The Morgan fingerprint density at radius 3 is 2.67 bits per heavy atom. The molecule has 1 amide bonds. The van der Waals surface area contributed by atoms with Gasteiger partial charge in [-0.25, -0.2) is 8.78 Å². The van der Waals surface area contributed by atoms with Crippen molar-refractivity contribution in [2.45, 2.75) is 57.2 Å². The molecule has 6 heteroatoms. The molecule has 2 atom stereocenters. The maximum absolute atomic E-state index is 13.0. The average Bonchev–Trinajstić information content (AvgIpc) is 2.58. The lowest BCUT2D eigenvalue weighted by molar-refractivity contribution is -0.124. The summed E-state index contributed by atoms with van der Waals surface area (Å²) in [5.74, 6) is -3.15. The van der Waals surface area contributed by atoms with E-state index in [-0.39, 0.29) is 17.6 Å². The summed E-state index contributed by atoms with van der Waals surface area (Å²) in [4.78, 5) is 11.8. The molecule has 1 rings (SSSR count). The van der Waals surface area contributed by atoms with Gasteiger partial charge in [-0.05, 0) is 27.2 Å². The van der Waals surface area contributed by atoms with Crippen LogP contribution in [0.1, 0.15) is 33.6 Å². The summed E-state index contributed by atoms with van der Waals surface area (Å²) in [6, 6.07) is -0.920. The molecular weight excluding hydrogens is 242 g/mol. The molecule has 1 aliphatic heterocycles. The van der Waals surface area contributed by atoms with Crippen LogP contribution in [0.15, 0.2) is 0 Å². The van der Waals surface area contributed by atoms with Gasteiger partial charge in [-0.15, -0.1) is 0 Å². The summed E-state index contributed by atoms with van der Waals surface area (Å²) >= 11 is 0. The van der Waals surface area contributed by atoms with Crippen LogP contribution in [0, 0.1) is 0 Å². The van der Waals surface area contributed by atoms with E-state index >= 15 is 0 Å². The number of rotatable bonds is 5. The molecule has 2 N–H and O–H groups in total. The Bertz CT molecular complexity index is 308. The van der Waals surface area contributed by atoms with Crippen molar-refractivity contribution < 1.29 is 18.3 Å². The molecule has 4 nitrogen and oxygen atoms in total. The number of amides is 1. The van der Waals surface area contributed by atoms with Crippen molar-refractivity contribution in [1.82, 2.24) is 10.6 Å². The summed E-state index contributed by atoms with van der Waals surface area (Å²) in [6.07, 6.45) is 0.192. The molecular formula is C12H22F2N2O2. The van der Waals surface area contributed by atoms with Crippen LogP contribution >= 0.6 is 0 Å². The van der Waals surface area contributed by atoms with E-state index in [4.69, 9.17) is 4.74 Å². The highest BCUT2D eigenvalue weighted by atomic mass is 19.3. The van der Waals surface area contributed by atoms with Crippen molar-refractivity contribution in [1.29, 1.82) is 0 Å². The first kappa shape index (κ1) is 15.3. The van der Waals surface area contributed by atoms with Gasteiger partial charge in [-0.1, -0.05) is 0 Å². The Morgan fingerprint density at radius 2 is 2.22 bits per heavy atom. The standard InChI is InChI=1S/C12H22F2N2O2/c1-8(5-11(2,3)18-4)16-10(17)9-6-12(13,14)7-15-9/h8-9,15H,5-7H2,1-4H3,(H,16,17). The monoisotopic (exact) mass is 264 g/mol. The van der Waals surface area contributed by atoms with Crippen molar-refractivity contribution in [3.8, 4) is 0 Å². The maximum atomic E-state index is 13.0. The first-order chi connectivity index (χ1) is 8.15. The number of carbonyl (C=O) groups excluding carboxylic acids is 1. The second-order valence-corrected chi connectivity index (χ2v) is 5.57. The van der Waals surface area contributed by atoms with Crippen molar-refractivity contribution in [3.05, 3.63) is 0 Å². The number of halogens is 2. The van der Waals surface area contributed by atoms with E-state index in [9.17, 15) is 13.6 Å². The average molecular weight is 264 g/mol. The van der Waals surface area contributed by atoms with Crippen molar-refractivity contribution >= 4 is 5.91 Å². The van der Waals surface area contributed by atoms with Gasteiger partial charge in [0.05, 0.1) is 18.2 Å². The summed E-state index contributed by atoms with van der Waals surface area (Å²) < 4.78 is 31.2. The maximum Gasteiger partial charge on any atom is 0.262 e. The third-order valence-corrected chi connectivity index (χ3v) is 3.17. The van der Waals surface area contributed by atoms with Crippen LogP contribution in [0.4, 0.5) is 8.78 Å². The fourth-order valence-corrected chi connectivity index (χ4v) is 2.12. The fourth-order valence-electron chi connectivity index (χ4n) is 2.12. The zero-order chi connectivity index (χ0) is 14.0. The van der Waals surface area contributed by atoms with Crippen LogP contribution in [0.3, 0.4) is 0 Å². The quantitative estimate of drug-likeness (QED) is 0.787. The van der Waals surface area contributed by atoms with E-state index in [2.05, 4.69) is 10.6 Å². The molecule has 0 saturated carbocycles. The van der Waals surface area contributed by atoms with Gasteiger partial charge in [0.15, 0.2) is 0 Å². The molecule has 0 aromatic carbocycles. The van der Waals surface area contributed by atoms with E-state index in [1.807, 2.05) is 20.8 Å². The van der Waals surface area contributed by atoms with Crippen LogP contribution in [0.25, 0.3) is 0 Å². The zero-order valence-corrected chi connectivity index (χ0v) is 11.3. The summed E-state index contributed by atoms with van der Waals surface area (Å²) in [7, 11) is 1.60. The normalized spacial score (nSPS) is 24.9. The Labute approximate surface area is 106 Å². The summed E-state index contributed by atoms with van der Waals surface area (Å²) in [6.45, 7) is 5.24. The number of carbonyl (C=O) groups is 1. The number of hydrogen-bond donors (Lipinski definition) is 2. The van der Waals surface area contributed by atoms with Gasteiger partial charge < -0.3 is 10.1 Å². The first-order valence-electron chi connectivity index (χ1n) is 6.12. The SMILES string of the molecule is COC(C)(C)CC(C)NC(=O)C1CC(F)(F)CN1. The second kappa shape index (κ2) is 5.48.